The maximum absolute atomic E-state index is 12.1. The lowest BCUT2D eigenvalue weighted by Gasteiger charge is -2.27. The number of esters is 2. The van der Waals surface area contributed by atoms with Crippen molar-refractivity contribution in [3.05, 3.63) is 12.2 Å². The van der Waals surface area contributed by atoms with Gasteiger partial charge in [-0.25, -0.2) is 9.00 Å². The van der Waals surface area contributed by atoms with E-state index in [0.29, 0.717) is 67.6 Å². The van der Waals surface area contributed by atoms with Gasteiger partial charge in [-0.2, -0.15) is 4.40 Å². The Morgan fingerprint density at radius 3 is 1.12 bits per heavy atom. The highest BCUT2D eigenvalue weighted by Crippen LogP contribution is 2.37. The van der Waals surface area contributed by atoms with Crippen molar-refractivity contribution in [2.45, 2.75) is 437 Å². The molecule has 14 heteroatoms. The molecule has 0 aromatic carbocycles. The van der Waals surface area contributed by atoms with Gasteiger partial charge >= 0.3 is 11.9 Å². The van der Waals surface area contributed by atoms with Crippen LogP contribution in [0.1, 0.15) is 421 Å². The molecule has 111 heavy (non-hydrogen) atoms. The van der Waals surface area contributed by atoms with Crippen LogP contribution in [0.3, 0.4) is 0 Å². The van der Waals surface area contributed by atoms with Crippen molar-refractivity contribution in [3.8, 4) is 0 Å². The van der Waals surface area contributed by atoms with Gasteiger partial charge < -0.3 is 34.4 Å². The molecule has 0 heterocycles. The molecule has 8 rings (SSSR count). The van der Waals surface area contributed by atoms with Crippen molar-refractivity contribution in [2.75, 3.05) is 32.2 Å². The van der Waals surface area contributed by atoms with E-state index in [9.17, 15) is 32.7 Å². The summed E-state index contributed by atoms with van der Waals surface area (Å²) in [6.07, 6.45) is 60.5. The third-order valence-corrected chi connectivity index (χ3v) is 29.6. The maximum atomic E-state index is 12.1. The van der Waals surface area contributed by atoms with Gasteiger partial charge in [0.15, 0.2) is 0 Å². The van der Waals surface area contributed by atoms with Gasteiger partial charge in [-0.3, -0.25) is 9.00 Å². The standard InChI is InChI=1S/C16H32OS.C14H27NOS.C14H26O.C13H24O2.C12H20O2.C10H18O2.C10H20O.C8H16O/c1-13-6-9-15(10-7-13)11-8-14(2)12-18(17)16(3,4)5;1-12-7-9-13(10-8-12)6-5-11-15-17(16)14(2,3)4;1-11-4-7-14(8-5-11)9-6-12(2)10-13(3)15;1-10(9-11(2)14)3-4-12-5-7-13(15)8-6-12;1-3-14-12(13)9-8-11-6-4-10(2)5-7-11;1-3-12-10(11)9-6-4-8(2)5-7-9;1-9-4-6-10(7-5-9)3-2-8-11;1-7-2-4-8(6-9)5-3-7/h13-15H,6-12H2,1-5H3;11-13H,5-10H2,1-4H3;11-12,14H,4-10H2,1-3H3;10,12-13,15H,3-9H2,1-2H3;8-11H,3-7H2,1-2H3;8-9H,3-7H2,1-2H3;9-11H,2-8H2,1H3;7-9H,2-6H2,1H3/b;;;;9-8+;;;/t13?,14-,15?,18-;12?,13?,17-;11?,12-,14?;10-,12?,13?;;;;/m0100..../s1. The lowest BCUT2D eigenvalue weighted by molar-refractivity contribution is -0.149. The minimum Gasteiger partial charge on any atom is -0.466 e. The summed E-state index contributed by atoms with van der Waals surface area (Å²) in [7, 11) is -1.76. The normalized spacial score (nSPS) is 29.7. The van der Waals surface area contributed by atoms with Gasteiger partial charge in [-0.15, -0.1) is 0 Å². The largest absolute Gasteiger partial charge is 0.466 e. The van der Waals surface area contributed by atoms with E-state index in [2.05, 4.69) is 94.4 Å². The Morgan fingerprint density at radius 2 is 0.775 bits per heavy atom. The summed E-state index contributed by atoms with van der Waals surface area (Å²) < 4.78 is 37.4. The van der Waals surface area contributed by atoms with Crippen LogP contribution in [0.15, 0.2) is 16.5 Å². The molecule has 0 radical (unpaired) electrons. The molecule has 12 nitrogen and oxygen atoms in total. The first-order valence-electron chi connectivity index (χ1n) is 46.7. The van der Waals surface area contributed by atoms with Gasteiger partial charge in [0.1, 0.15) is 22.6 Å². The van der Waals surface area contributed by atoms with E-state index in [-0.39, 0.29) is 33.5 Å². The first-order chi connectivity index (χ1) is 52.4. The highest BCUT2D eigenvalue weighted by atomic mass is 32.2. The van der Waals surface area contributed by atoms with E-state index in [1.54, 1.807) is 19.9 Å². The number of allylic oxidation sites excluding steroid dienone is 1. The minimum atomic E-state index is -1.08. The summed E-state index contributed by atoms with van der Waals surface area (Å²) >= 11 is 0. The molecule has 8 saturated carbocycles. The quantitative estimate of drug-likeness (QED) is 0.0383. The smallest absolute Gasteiger partial charge is 0.330 e. The van der Waals surface area contributed by atoms with Crippen molar-refractivity contribution >= 4 is 51.5 Å². The third kappa shape index (κ3) is 57.6. The molecule has 8 aliphatic carbocycles. The number of hydrogen-bond acceptors (Lipinski definition) is 11. The number of aliphatic hydroxyl groups is 3. The zero-order chi connectivity index (χ0) is 83.3. The Hall–Kier alpha value is -2.13. The summed E-state index contributed by atoms with van der Waals surface area (Å²) in [5.41, 5.74) is 0. The minimum absolute atomic E-state index is 0.0180. The number of nitrogens with zero attached hydrogens (tertiary/aromatic N) is 1. The molecule has 0 bridgehead atoms. The predicted octanol–water partition coefficient (Wildman–Crippen LogP) is 25.7. The Balaban J connectivity index is 0.000000639. The molecular weight excluding hydrogens is 1420 g/mol. The maximum Gasteiger partial charge on any atom is 0.330 e. The predicted molar refractivity (Wildman–Crippen MR) is 476 cm³/mol. The zero-order valence-electron chi connectivity index (χ0n) is 76.2. The van der Waals surface area contributed by atoms with Crippen molar-refractivity contribution in [3.63, 3.8) is 0 Å². The molecule has 0 saturated heterocycles. The average Bonchev–Trinajstić information content (AvgIpc) is 1.62. The highest BCUT2D eigenvalue weighted by Gasteiger charge is 2.28. The van der Waals surface area contributed by atoms with Crippen LogP contribution in [0.4, 0.5) is 0 Å². The SMILES string of the molecule is CC(=O)C[C@@H](C)CCC1CCC(C)CC1.CC(=O)C[C@@H](C)CCC1CCC(O)CC1.CC1CCC(CCC=N[S@](=O)C(C)(C)C)CC1.CC1CCC(CCCO)CC1.CC1CCC(CC[C@H](C)C[S@](=O)C(C)(C)C)CC1.CC1CCC(CO)CC1.CCOC(=O)/C=C/C1CCC(C)CC1.CCOC(=O)C1CCC(C)CC1. The Morgan fingerprint density at radius 1 is 0.441 bits per heavy atom. The molecule has 0 unspecified atom stereocenters. The summed E-state index contributed by atoms with van der Waals surface area (Å²) in [6.45, 7) is 43.9. The molecule has 3 N–H and O–H groups in total. The summed E-state index contributed by atoms with van der Waals surface area (Å²) in [6, 6.07) is 0. The number of Topliss-reactive ketones (excluding diaryl/α,β-unsaturated/α-hetero) is 2. The second-order valence-corrected chi connectivity index (χ2v) is 44.1. The number of ketones is 2. The van der Waals surface area contributed by atoms with Crippen molar-refractivity contribution < 1.29 is 52.4 Å². The topological polar surface area (TPSA) is 194 Å². The van der Waals surface area contributed by atoms with Gasteiger partial charge in [0.2, 0.25) is 0 Å². The number of aliphatic hydroxyl groups excluding tert-OH is 3. The number of rotatable bonds is 28. The third-order valence-electron chi connectivity index (χ3n) is 26.0. The summed E-state index contributed by atoms with van der Waals surface area (Å²) in [5.74, 6) is 15.4. The Bertz CT molecular complexity index is 2360. The fourth-order valence-corrected chi connectivity index (χ4v) is 19.1. The molecule has 654 valence electrons. The van der Waals surface area contributed by atoms with Crippen LogP contribution < -0.4 is 0 Å². The number of ether oxygens (including phenoxy) is 2. The van der Waals surface area contributed by atoms with Gasteiger partial charge in [0, 0.05) is 59.6 Å². The fraction of sp³-hybridized carbons (Fsp3) is 0.928. The second kappa shape index (κ2) is 63.0. The van der Waals surface area contributed by atoms with Crippen molar-refractivity contribution in [1.29, 1.82) is 0 Å². The van der Waals surface area contributed by atoms with E-state index < -0.39 is 21.8 Å². The monoisotopic (exact) mass is 1600 g/mol. The first-order valence-corrected chi connectivity index (χ1v) is 49.1. The Kier molecular flexibility index (Phi) is 60.6. The lowest BCUT2D eigenvalue weighted by Crippen LogP contribution is -2.27. The number of hydrogen-bond donors (Lipinski definition) is 3. The number of carbonyl (C=O) groups excluding carboxylic acids is 4. The Labute approximate surface area is 691 Å². The van der Waals surface area contributed by atoms with E-state index in [0.717, 1.165) is 128 Å². The second-order valence-electron chi connectivity index (χ2n) is 39.9. The van der Waals surface area contributed by atoms with Crippen LogP contribution >= 0.6 is 0 Å². The summed E-state index contributed by atoms with van der Waals surface area (Å²) in [4.78, 5) is 44.2. The van der Waals surface area contributed by atoms with E-state index in [1.807, 2.05) is 46.9 Å². The van der Waals surface area contributed by atoms with Crippen LogP contribution in [-0.2, 0) is 50.4 Å². The molecule has 0 aromatic rings. The summed E-state index contributed by atoms with van der Waals surface area (Å²) in [5, 5.41) is 26.8. The highest BCUT2D eigenvalue weighted by molar-refractivity contribution is 7.86. The molecule has 0 aromatic heterocycles. The van der Waals surface area contributed by atoms with Crippen molar-refractivity contribution in [1.82, 2.24) is 0 Å². The lowest BCUT2D eigenvalue weighted by atomic mass is 9.79. The molecular formula is C97H183NO11S2. The molecule has 5 atom stereocenters. The van der Waals surface area contributed by atoms with Gasteiger partial charge in [0.05, 0.1) is 30.0 Å². The van der Waals surface area contributed by atoms with Crippen LogP contribution in [0.5, 0.6) is 0 Å². The van der Waals surface area contributed by atoms with E-state index in [1.165, 1.54) is 231 Å². The molecule has 0 amide bonds. The molecule has 0 spiro atoms. The van der Waals surface area contributed by atoms with Crippen LogP contribution in [-0.4, -0.2) is 101 Å². The average molecular weight is 1600 g/mol. The number of carbonyl (C=O) groups is 4. The fourth-order valence-electron chi connectivity index (χ4n) is 17.4. The van der Waals surface area contributed by atoms with Gasteiger partial charge in [-0.05, 0) is 279 Å². The van der Waals surface area contributed by atoms with Crippen LogP contribution in [0.25, 0.3) is 0 Å². The molecule has 0 aliphatic heterocycles. The van der Waals surface area contributed by atoms with E-state index >= 15 is 0 Å². The molecule has 8 fully saturated rings. The van der Waals surface area contributed by atoms with Crippen molar-refractivity contribution in [2.24, 2.45) is 111 Å². The van der Waals surface area contributed by atoms with E-state index in [4.69, 9.17) is 19.7 Å². The van der Waals surface area contributed by atoms with Gasteiger partial charge in [0.25, 0.3) is 0 Å². The van der Waals surface area contributed by atoms with Crippen LogP contribution in [0, 0.1) is 107 Å². The first kappa shape index (κ1) is 107. The van der Waals surface area contributed by atoms with Gasteiger partial charge in [-0.1, -0.05) is 236 Å². The molecule has 8 aliphatic rings. The van der Waals surface area contributed by atoms with Crippen LogP contribution in [0.2, 0.25) is 0 Å². The zero-order valence-corrected chi connectivity index (χ0v) is 77.9.